The molecule has 2 unspecified atom stereocenters. The van der Waals surface area contributed by atoms with Crippen molar-refractivity contribution in [2.75, 3.05) is 0 Å². The van der Waals surface area contributed by atoms with E-state index < -0.39 is 0 Å². The van der Waals surface area contributed by atoms with Gasteiger partial charge in [0.2, 0.25) is 0 Å². The van der Waals surface area contributed by atoms with Crippen LogP contribution in [0.3, 0.4) is 0 Å². The van der Waals surface area contributed by atoms with E-state index in [1.165, 1.54) is 11.1 Å². The van der Waals surface area contributed by atoms with E-state index in [1.54, 1.807) is 0 Å². The molecule has 0 amide bonds. The maximum atomic E-state index is 4.84. The molecule has 0 heterocycles. The Balaban J connectivity index is 0.00000242. The second-order valence-electron chi connectivity index (χ2n) is 5.82. The van der Waals surface area contributed by atoms with Crippen molar-refractivity contribution in [3.05, 3.63) is 70.3 Å². The molecular formula is C19H24CuN2. The van der Waals surface area contributed by atoms with Crippen molar-refractivity contribution in [1.29, 1.82) is 0 Å². The van der Waals surface area contributed by atoms with Gasteiger partial charge < -0.3 is 10.6 Å². The van der Waals surface area contributed by atoms with Gasteiger partial charge in [0, 0.05) is 0 Å². The van der Waals surface area contributed by atoms with Crippen LogP contribution in [0.5, 0.6) is 0 Å². The predicted molar refractivity (Wildman–Crippen MR) is 91.9 cm³/mol. The van der Waals surface area contributed by atoms with Crippen molar-refractivity contribution in [3.8, 4) is 0 Å². The van der Waals surface area contributed by atoms with Crippen LogP contribution in [-0.2, 0) is 17.1 Å². The summed E-state index contributed by atoms with van der Waals surface area (Å²) in [6, 6.07) is 17.1. The average Bonchev–Trinajstić information content (AvgIpc) is 2.43. The van der Waals surface area contributed by atoms with Gasteiger partial charge >= 0.3 is 17.1 Å². The second kappa shape index (κ2) is 8.87. The van der Waals surface area contributed by atoms with Crippen molar-refractivity contribution in [2.24, 2.45) is 0 Å². The third kappa shape index (κ3) is 5.75. The van der Waals surface area contributed by atoms with Gasteiger partial charge in [-0.3, -0.25) is 0 Å². The van der Waals surface area contributed by atoms with Crippen LogP contribution in [-0.4, -0.2) is 12.1 Å². The molecule has 0 bridgehead atoms. The van der Waals surface area contributed by atoms with Crippen molar-refractivity contribution < 1.29 is 17.1 Å². The standard InChI is InChI=1S/C19H24N2.Cu/c1-14-10-11-15(2)19(12-14)21-17(4)13-16(3)20-18-8-6-5-7-9-18;/h5-12,16-17H,13H2,1-4H3;/q-2;+2. The second-order valence-corrected chi connectivity index (χ2v) is 5.82. The predicted octanol–water partition coefficient (Wildman–Crippen LogP) is 6.18. The van der Waals surface area contributed by atoms with E-state index in [0.717, 1.165) is 17.8 Å². The molecule has 0 N–H and O–H groups in total. The first kappa shape index (κ1) is 18.6. The van der Waals surface area contributed by atoms with Crippen LogP contribution < -0.4 is 0 Å². The Hall–Kier alpha value is -1.44. The van der Waals surface area contributed by atoms with Gasteiger partial charge in [-0.1, -0.05) is 79.9 Å². The smallest absolute Gasteiger partial charge is 0.682 e. The van der Waals surface area contributed by atoms with Gasteiger partial charge in [0.15, 0.2) is 0 Å². The number of rotatable bonds is 6. The fourth-order valence-electron chi connectivity index (χ4n) is 2.46. The zero-order valence-corrected chi connectivity index (χ0v) is 14.6. The van der Waals surface area contributed by atoms with Crippen LogP contribution in [0, 0.1) is 13.8 Å². The van der Waals surface area contributed by atoms with Crippen LogP contribution in [0.25, 0.3) is 10.6 Å². The van der Waals surface area contributed by atoms with Gasteiger partial charge in [-0.05, 0) is 13.8 Å². The molecule has 0 saturated carbocycles. The van der Waals surface area contributed by atoms with E-state index in [2.05, 4.69) is 45.9 Å². The Morgan fingerprint density at radius 2 is 1.50 bits per heavy atom. The summed E-state index contributed by atoms with van der Waals surface area (Å²) in [6.07, 6.45) is 0.961. The van der Waals surface area contributed by atoms with Crippen molar-refractivity contribution in [1.82, 2.24) is 0 Å². The minimum Gasteiger partial charge on any atom is -0.682 e. The molecular weight excluding hydrogens is 320 g/mol. The van der Waals surface area contributed by atoms with E-state index >= 15 is 0 Å². The van der Waals surface area contributed by atoms with Gasteiger partial charge in [0.1, 0.15) is 0 Å². The van der Waals surface area contributed by atoms with E-state index in [1.807, 2.05) is 30.3 Å². The Morgan fingerprint density at radius 3 is 2.18 bits per heavy atom. The van der Waals surface area contributed by atoms with Gasteiger partial charge in [-0.25, -0.2) is 0 Å². The van der Waals surface area contributed by atoms with Crippen molar-refractivity contribution in [3.63, 3.8) is 0 Å². The summed E-state index contributed by atoms with van der Waals surface area (Å²) in [7, 11) is 0. The normalized spacial score (nSPS) is 12.9. The van der Waals surface area contributed by atoms with Crippen LogP contribution in [0.15, 0.2) is 48.5 Å². The van der Waals surface area contributed by atoms with Crippen LogP contribution in [0.1, 0.15) is 31.4 Å². The molecule has 3 heteroatoms. The molecule has 0 aliphatic rings. The molecule has 0 aromatic heterocycles. The summed E-state index contributed by atoms with van der Waals surface area (Å²) in [5.74, 6) is 0. The molecule has 2 atom stereocenters. The topological polar surface area (TPSA) is 28.2 Å². The first-order chi connectivity index (χ1) is 10.0. The summed E-state index contributed by atoms with van der Waals surface area (Å²) in [4.78, 5) is 0. The van der Waals surface area contributed by atoms with Gasteiger partial charge in [-0.2, -0.15) is 0 Å². The zero-order chi connectivity index (χ0) is 15.2. The fraction of sp³-hybridized carbons (Fsp3) is 0.368. The maximum absolute atomic E-state index is 4.84. The molecule has 2 aromatic rings. The quantitative estimate of drug-likeness (QED) is 0.560. The minimum absolute atomic E-state index is 0. The third-order valence-corrected chi connectivity index (χ3v) is 3.53. The number of aryl methyl sites for hydroxylation is 2. The van der Waals surface area contributed by atoms with Crippen molar-refractivity contribution in [2.45, 2.75) is 46.2 Å². The van der Waals surface area contributed by atoms with Crippen LogP contribution in [0.4, 0.5) is 11.4 Å². The fourth-order valence-corrected chi connectivity index (χ4v) is 2.46. The SMILES string of the molecule is Cc1ccc(C)c([N-]C(C)CC(C)[N-]c2ccccc2)c1.[Cu+2]. The monoisotopic (exact) mass is 343 g/mol. The summed E-state index contributed by atoms with van der Waals surface area (Å²) >= 11 is 0. The largest absolute Gasteiger partial charge is 2.00 e. The van der Waals surface area contributed by atoms with Gasteiger partial charge in [0.25, 0.3) is 0 Å². The molecule has 2 rings (SSSR count). The van der Waals surface area contributed by atoms with E-state index in [9.17, 15) is 0 Å². The van der Waals surface area contributed by atoms with E-state index in [0.29, 0.717) is 0 Å². The molecule has 0 aliphatic heterocycles. The van der Waals surface area contributed by atoms with Crippen LogP contribution >= 0.6 is 0 Å². The Bertz CT molecular complexity index is 569. The van der Waals surface area contributed by atoms with E-state index in [4.69, 9.17) is 10.6 Å². The average molecular weight is 344 g/mol. The zero-order valence-electron chi connectivity index (χ0n) is 13.7. The molecule has 1 radical (unpaired) electrons. The third-order valence-electron chi connectivity index (χ3n) is 3.53. The van der Waals surface area contributed by atoms with Gasteiger partial charge in [0.05, 0.1) is 0 Å². The van der Waals surface area contributed by atoms with Gasteiger partial charge in [-0.15, -0.1) is 23.5 Å². The first-order valence-corrected chi connectivity index (χ1v) is 7.58. The van der Waals surface area contributed by atoms with Crippen LogP contribution in [0.2, 0.25) is 0 Å². The maximum Gasteiger partial charge on any atom is 2.00 e. The molecule has 22 heavy (non-hydrogen) atoms. The molecule has 2 nitrogen and oxygen atoms in total. The molecule has 121 valence electrons. The molecule has 0 fully saturated rings. The Morgan fingerprint density at radius 1 is 0.864 bits per heavy atom. The summed E-state index contributed by atoms with van der Waals surface area (Å²) in [6.45, 7) is 8.54. The first-order valence-electron chi connectivity index (χ1n) is 7.58. The molecule has 2 aromatic carbocycles. The number of benzene rings is 2. The Labute approximate surface area is 145 Å². The van der Waals surface area contributed by atoms with Crippen molar-refractivity contribution >= 4 is 11.4 Å². The molecule has 0 aliphatic carbocycles. The minimum atomic E-state index is 0. The summed E-state index contributed by atoms with van der Waals surface area (Å²) < 4.78 is 0. The Kier molecular flexibility index (Phi) is 7.50. The van der Waals surface area contributed by atoms with E-state index in [-0.39, 0.29) is 29.2 Å². The summed E-state index contributed by atoms with van der Waals surface area (Å²) in [5, 5.41) is 9.56. The number of hydrogen-bond acceptors (Lipinski definition) is 0. The molecule has 0 saturated heterocycles. The summed E-state index contributed by atoms with van der Waals surface area (Å²) in [5.41, 5.74) is 4.65. The number of para-hydroxylation sites is 1. The molecule has 0 spiro atoms. The number of hydrogen-bond donors (Lipinski definition) is 0. The number of nitrogens with zero attached hydrogens (tertiary/aromatic N) is 2.